The van der Waals surface area contributed by atoms with Crippen LogP contribution in [-0.2, 0) is 10.0 Å². The number of aromatic nitrogens is 2. The average Bonchev–Trinajstić information content (AvgIpc) is 3.11. The third-order valence-electron chi connectivity index (χ3n) is 3.24. The number of hydrogen-bond donors (Lipinski definition) is 2. The predicted octanol–water partition coefficient (Wildman–Crippen LogP) is 1.54. The second kappa shape index (κ2) is 5.75. The minimum Gasteiger partial charge on any atom is -0.296 e. The van der Waals surface area contributed by atoms with E-state index in [1.165, 1.54) is 29.0 Å². The summed E-state index contributed by atoms with van der Waals surface area (Å²) < 4.78 is 27.0. The van der Waals surface area contributed by atoms with Crippen molar-refractivity contribution in [2.24, 2.45) is 0 Å². The van der Waals surface area contributed by atoms with Gasteiger partial charge in [-0.3, -0.25) is 10.1 Å². The van der Waals surface area contributed by atoms with Crippen molar-refractivity contribution >= 4 is 32.4 Å². The fourth-order valence-electron chi connectivity index (χ4n) is 1.89. The zero-order valence-electron chi connectivity index (χ0n) is 11.7. The standard InChI is InChI=1S/C13H14N4O3S2/c1-8-2-5-10(22(19,20)17-9-3-4-9)6-11(8)12(18)15-13-16-14-7-21-13/h2,5-7,9,17H,3-4H2,1H3,(H,15,16,18). The van der Waals surface area contributed by atoms with Gasteiger partial charge in [-0.05, 0) is 37.5 Å². The molecule has 0 bridgehead atoms. The van der Waals surface area contributed by atoms with E-state index in [1.807, 2.05) is 0 Å². The fourth-order valence-corrected chi connectivity index (χ4v) is 3.66. The molecule has 1 heterocycles. The average molecular weight is 338 g/mol. The van der Waals surface area contributed by atoms with Crippen LogP contribution in [-0.4, -0.2) is 30.6 Å². The number of anilines is 1. The smallest absolute Gasteiger partial charge is 0.257 e. The fraction of sp³-hybridized carbons (Fsp3) is 0.308. The molecule has 0 atom stereocenters. The van der Waals surface area contributed by atoms with Gasteiger partial charge in [-0.2, -0.15) is 0 Å². The Bertz CT molecular complexity index is 799. The Morgan fingerprint density at radius 1 is 1.36 bits per heavy atom. The summed E-state index contributed by atoms with van der Waals surface area (Å²) in [7, 11) is -3.59. The lowest BCUT2D eigenvalue weighted by Gasteiger charge is -2.09. The van der Waals surface area contributed by atoms with Crippen LogP contribution in [0.4, 0.5) is 5.13 Å². The highest BCUT2D eigenvalue weighted by Crippen LogP contribution is 2.23. The largest absolute Gasteiger partial charge is 0.296 e. The highest BCUT2D eigenvalue weighted by molar-refractivity contribution is 7.89. The van der Waals surface area contributed by atoms with E-state index in [1.54, 1.807) is 13.0 Å². The van der Waals surface area contributed by atoms with Gasteiger partial charge in [0.25, 0.3) is 5.91 Å². The van der Waals surface area contributed by atoms with Gasteiger partial charge in [0.1, 0.15) is 5.51 Å². The quantitative estimate of drug-likeness (QED) is 0.861. The van der Waals surface area contributed by atoms with E-state index >= 15 is 0 Å². The number of aryl methyl sites for hydroxylation is 1. The zero-order chi connectivity index (χ0) is 15.7. The lowest BCUT2D eigenvalue weighted by atomic mass is 10.1. The Hall–Kier alpha value is -1.84. The van der Waals surface area contributed by atoms with Gasteiger partial charge in [0.05, 0.1) is 4.90 Å². The maximum absolute atomic E-state index is 12.3. The van der Waals surface area contributed by atoms with Gasteiger partial charge in [0.15, 0.2) is 0 Å². The third kappa shape index (κ3) is 3.32. The number of hydrogen-bond acceptors (Lipinski definition) is 6. The summed E-state index contributed by atoms with van der Waals surface area (Å²) >= 11 is 1.19. The van der Waals surface area contributed by atoms with Gasteiger partial charge < -0.3 is 0 Å². The van der Waals surface area contributed by atoms with Crippen LogP contribution >= 0.6 is 11.3 Å². The van der Waals surface area contributed by atoms with E-state index in [9.17, 15) is 13.2 Å². The number of sulfonamides is 1. The van der Waals surface area contributed by atoms with Gasteiger partial charge in [0.2, 0.25) is 15.2 Å². The summed E-state index contributed by atoms with van der Waals surface area (Å²) in [5.74, 6) is -0.405. The number of benzene rings is 1. The van der Waals surface area contributed by atoms with Crippen LogP contribution < -0.4 is 10.0 Å². The van der Waals surface area contributed by atoms with E-state index in [-0.39, 0.29) is 10.9 Å². The first-order valence-corrected chi connectivity index (χ1v) is 9.02. The van der Waals surface area contributed by atoms with E-state index < -0.39 is 15.9 Å². The minimum absolute atomic E-state index is 0.0185. The number of nitrogens with one attached hydrogen (secondary N) is 2. The van der Waals surface area contributed by atoms with E-state index in [0.717, 1.165) is 12.8 Å². The minimum atomic E-state index is -3.59. The Morgan fingerprint density at radius 2 is 2.14 bits per heavy atom. The summed E-state index contributed by atoms with van der Waals surface area (Å²) in [5, 5.41) is 10.3. The number of carbonyl (C=O) groups excluding carboxylic acids is 1. The first-order chi connectivity index (χ1) is 10.5. The van der Waals surface area contributed by atoms with Gasteiger partial charge in [-0.1, -0.05) is 17.4 Å². The van der Waals surface area contributed by atoms with Crippen LogP contribution in [0.25, 0.3) is 0 Å². The Labute approximate surface area is 131 Å². The summed E-state index contributed by atoms with van der Waals surface area (Å²) in [6.45, 7) is 1.75. The van der Waals surface area contributed by atoms with E-state index in [0.29, 0.717) is 16.3 Å². The number of rotatable bonds is 5. The van der Waals surface area contributed by atoms with Gasteiger partial charge in [-0.25, -0.2) is 13.1 Å². The molecule has 22 heavy (non-hydrogen) atoms. The normalized spacial score (nSPS) is 14.8. The molecule has 0 unspecified atom stereocenters. The molecule has 2 aromatic rings. The molecule has 3 rings (SSSR count). The Balaban J connectivity index is 1.87. The number of nitrogens with zero attached hydrogens (tertiary/aromatic N) is 2. The second-order valence-electron chi connectivity index (χ2n) is 5.07. The van der Waals surface area contributed by atoms with Crippen molar-refractivity contribution in [1.82, 2.24) is 14.9 Å². The van der Waals surface area contributed by atoms with Crippen molar-refractivity contribution in [3.05, 3.63) is 34.8 Å². The maximum Gasteiger partial charge on any atom is 0.257 e. The molecule has 1 saturated carbocycles. The summed E-state index contributed by atoms with van der Waals surface area (Å²) in [6, 6.07) is 4.53. The van der Waals surface area contributed by atoms with Crippen molar-refractivity contribution in [2.75, 3.05) is 5.32 Å². The predicted molar refractivity (Wildman–Crippen MR) is 82.4 cm³/mol. The molecule has 7 nitrogen and oxygen atoms in total. The molecule has 1 aromatic heterocycles. The van der Waals surface area contributed by atoms with Crippen LogP contribution in [0, 0.1) is 6.92 Å². The maximum atomic E-state index is 12.3. The summed E-state index contributed by atoms with van der Waals surface area (Å²) in [6.07, 6.45) is 1.71. The molecule has 116 valence electrons. The molecule has 2 N–H and O–H groups in total. The SMILES string of the molecule is Cc1ccc(S(=O)(=O)NC2CC2)cc1C(=O)Nc1nncs1. The summed E-state index contributed by atoms with van der Waals surface area (Å²) in [5.41, 5.74) is 2.49. The van der Waals surface area contributed by atoms with E-state index in [4.69, 9.17) is 0 Å². The molecule has 9 heteroatoms. The molecule has 1 aliphatic rings. The monoisotopic (exact) mass is 338 g/mol. The number of amides is 1. The van der Waals surface area contributed by atoms with Crippen LogP contribution in [0.1, 0.15) is 28.8 Å². The lowest BCUT2D eigenvalue weighted by Crippen LogP contribution is -2.26. The van der Waals surface area contributed by atoms with Crippen molar-refractivity contribution in [2.45, 2.75) is 30.7 Å². The lowest BCUT2D eigenvalue weighted by molar-refractivity contribution is 0.102. The molecule has 1 aromatic carbocycles. The van der Waals surface area contributed by atoms with Gasteiger partial charge in [0, 0.05) is 11.6 Å². The molecular weight excluding hydrogens is 324 g/mol. The van der Waals surface area contributed by atoms with Gasteiger partial charge >= 0.3 is 0 Å². The molecule has 0 aliphatic heterocycles. The van der Waals surface area contributed by atoms with Crippen LogP contribution in [0.3, 0.4) is 0 Å². The van der Waals surface area contributed by atoms with Crippen molar-refractivity contribution in [1.29, 1.82) is 0 Å². The molecular formula is C13H14N4O3S2. The topological polar surface area (TPSA) is 101 Å². The Morgan fingerprint density at radius 3 is 2.77 bits per heavy atom. The molecule has 0 radical (unpaired) electrons. The highest BCUT2D eigenvalue weighted by Gasteiger charge is 2.28. The molecule has 1 amide bonds. The van der Waals surface area contributed by atoms with E-state index in [2.05, 4.69) is 20.2 Å². The third-order valence-corrected chi connectivity index (χ3v) is 5.37. The van der Waals surface area contributed by atoms with Crippen molar-refractivity contribution in [3.8, 4) is 0 Å². The highest BCUT2D eigenvalue weighted by atomic mass is 32.2. The van der Waals surface area contributed by atoms with Crippen LogP contribution in [0.2, 0.25) is 0 Å². The molecule has 1 fully saturated rings. The van der Waals surface area contributed by atoms with Gasteiger partial charge in [-0.15, -0.1) is 10.2 Å². The Kier molecular flexibility index (Phi) is 3.94. The second-order valence-corrected chi connectivity index (χ2v) is 7.62. The van der Waals surface area contributed by atoms with Crippen LogP contribution in [0.5, 0.6) is 0 Å². The first-order valence-electron chi connectivity index (χ1n) is 6.66. The zero-order valence-corrected chi connectivity index (χ0v) is 13.4. The molecule has 0 saturated heterocycles. The number of carbonyl (C=O) groups is 1. The first kappa shape index (κ1) is 15.1. The molecule has 0 spiro atoms. The van der Waals surface area contributed by atoms with Crippen LogP contribution in [0.15, 0.2) is 28.6 Å². The van der Waals surface area contributed by atoms with Crippen molar-refractivity contribution < 1.29 is 13.2 Å². The summed E-state index contributed by atoms with van der Waals surface area (Å²) in [4.78, 5) is 12.3. The van der Waals surface area contributed by atoms with Crippen molar-refractivity contribution in [3.63, 3.8) is 0 Å². The molecule has 1 aliphatic carbocycles.